The van der Waals surface area contributed by atoms with Crippen molar-refractivity contribution in [2.24, 2.45) is 34.4 Å². The maximum Gasteiger partial charge on any atom is 0.189 e. The zero-order chi connectivity index (χ0) is 37.3. The summed E-state index contributed by atoms with van der Waals surface area (Å²) >= 11 is 3.27. The molecule has 3 saturated carbocycles. The van der Waals surface area contributed by atoms with Gasteiger partial charge in [0.15, 0.2) is 11.7 Å². The van der Waals surface area contributed by atoms with Gasteiger partial charge < -0.3 is 26.6 Å². The van der Waals surface area contributed by atoms with E-state index in [4.69, 9.17) is 10.7 Å². The standard InChI is InChI=1S/C45H50N4O3S2/c1-3-8-32-13-18-39(53-32)40-19-20-41(54-40)44(52)36-16-17-37-42-35(33-12-7-4-9-27(33)23-38(36)42)15-14-34(43(37)49-45(46)48-29-10-5-6-11-29)28-21-30(24-31(51)22-28)47-25-26(2)50/h4,7,9,12-13,18-24,26,29,34,36-38,42-43,47,50-51H,5-6,10-11,14-17,25H2,1-2H3,(H3,46,48,49)/t26-,34-,36-,37+,38+,42+,43+/m0/s1. The molecule has 0 amide bonds. The number of aliphatic hydroxyl groups is 1. The van der Waals surface area contributed by atoms with E-state index in [1.165, 1.54) is 28.9 Å². The highest BCUT2D eigenvalue weighted by Gasteiger charge is 2.50. The molecule has 7 atom stereocenters. The number of phenolic OH excluding ortho intramolecular Hbond substituents is 1. The zero-order valence-corrected chi connectivity index (χ0v) is 32.7. The quantitative estimate of drug-likeness (QED) is 0.0533. The number of hydrogen-bond acceptors (Lipinski definition) is 7. The minimum Gasteiger partial charge on any atom is -0.508 e. The third-order valence-corrected chi connectivity index (χ3v) is 14.4. The van der Waals surface area contributed by atoms with E-state index in [9.17, 15) is 15.0 Å². The van der Waals surface area contributed by atoms with Crippen molar-refractivity contribution in [1.29, 1.82) is 0 Å². The number of phenols is 1. The molecule has 3 fully saturated rings. The van der Waals surface area contributed by atoms with Gasteiger partial charge in [0.05, 0.1) is 21.9 Å². The second-order valence-corrected chi connectivity index (χ2v) is 17.8. The van der Waals surface area contributed by atoms with E-state index >= 15 is 0 Å². The molecule has 2 aromatic heterocycles. The average molecular weight is 759 g/mol. The molecular weight excluding hydrogens is 709 g/mol. The van der Waals surface area contributed by atoms with Gasteiger partial charge in [-0.3, -0.25) is 4.79 Å². The molecule has 0 unspecified atom stereocenters. The van der Waals surface area contributed by atoms with Gasteiger partial charge >= 0.3 is 0 Å². The first kappa shape index (κ1) is 36.6. The highest BCUT2D eigenvalue weighted by molar-refractivity contribution is 7.23. The van der Waals surface area contributed by atoms with Gasteiger partial charge in [0.25, 0.3) is 0 Å². The number of rotatable bonds is 9. The second-order valence-electron chi connectivity index (χ2n) is 15.6. The van der Waals surface area contributed by atoms with Crippen molar-refractivity contribution in [3.63, 3.8) is 0 Å². The Kier molecular flexibility index (Phi) is 10.7. The van der Waals surface area contributed by atoms with Gasteiger partial charge in [-0.1, -0.05) is 54.7 Å². The molecule has 9 heteroatoms. The number of guanidine groups is 1. The number of Topliss-reactive ketones (excluding diaryl/α,β-unsaturated/α-hetero) is 1. The Morgan fingerprint density at radius 3 is 2.61 bits per heavy atom. The minimum atomic E-state index is -0.525. The fraction of sp³-hybridized carbons (Fsp3) is 0.422. The lowest BCUT2D eigenvalue weighted by Crippen LogP contribution is -2.48. The predicted octanol–water partition coefficient (Wildman–Crippen LogP) is 7.23. The number of nitrogens with zero attached hydrogens (tertiary/aromatic N) is 1. The lowest BCUT2D eigenvalue weighted by molar-refractivity contribution is 0.0767. The number of aromatic hydroxyl groups is 1. The first-order valence-electron chi connectivity index (χ1n) is 19.6. The number of fused-ring (bicyclic) bond motifs is 1. The Morgan fingerprint density at radius 2 is 1.80 bits per heavy atom. The molecule has 4 aromatic rings. The molecule has 2 aromatic carbocycles. The number of nitrogens with two attached hydrogens (primary N) is 1. The zero-order valence-electron chi connectivity index (χ0n) is 31.1. The summed E-state index contributed by atoms with van der Waals surface area (Å²) in [4.78, 5) is 24.2. The van der Waals surface area contributed by atoms with Crippen LogP contribution in [0, 0.1) is 35.5 Å². The van der Waals surface area contributed by atoms with Crippen LogP contribution in [0.1, 0.15) is 91.2 Å². The highest BCUT2D eigenvalue weighted by Crippen LogP contribution is 2.54. The predicted molar refractivity (Wildman–Crippen MR) is 222 cm³/mol. The number of carbonyl (C=O) groups is 1. The summed E-state index contributed by atoms with van der Waals surface area (Å²) < 4.78 is 0. The van der Waals surface area contributed by atoms with Crippen molar-refractivity contribution >= 4 is 51.8 Å². The van der Waals surface area contributed by atoms with E-state index < -0.39 is 6.10 Å². The normalized spacial score (nSPS) is 25.7. The molecular formula is C45H50N4O3S2. The van der Waals surface area contributed by atoms with Gasteiger partial charge in [-0.15, -0.1) is 28.6 Å². The van der Waals surface area contributed by atoms with Crippen LogP contribution in [-0.4, -0.2) is 46.7 Å². The first-order valence-corrected chi connectivity index (χ1v) is 21.2. The number of ketones is 1. The van der Waals surface area contributed by atoms with Gasteiger partial charge in [0.2, 0.25) is 0 Å². The summed E-state index contributed by atoms with van der Waals surface area (Å²) in [6.07, 6.45) is 9.80. The van der Waals surface area contributed by atoms with E-state index in [1.54, 1.807) is 35.7 Å². The van der Waals surface area contributed by atoms with Crippen LogP contribution in [0.25, 0.3) is 21.4 Å². The van der Waals surface area contributed by atoms with E-state index in [-0.39, 0.29) is 47.2 Å². The van der Waals surface area contributed by atoms with Crippen molar-refractivity contribution in [3.8, 4) is 27.3 Å². The number of hydrogen-bond donors (Lipinski definition) is 5. The third-order valence-electron chi connectivity index (χ3n) is 12.1. The Bertz CT molecular complexity index is 2240. The number of aliphatic hydroxyl groups excluding tert-OH is 1. The smallest absolute Gasteiger partial charge is 0.189 e. The summed E-state index contributed by atoms with van der Waals surface area (Å²) in [7, 11) is 0. The van der Waals surface area contributed by atoms with Crippen LogP contribution >= 0.6 is 22.7 Å². The monoisotopic (exact) mass is 758 g/mol. The van der Waals surface area contributed by atoms with E-state index in [1.807, 2.05) is 19.1 Å². The van der Waals surface area contributed by atoms with Crippen LogP contribution in [-0.2, 0) is 0 Å². The number of carbonyl (C=O) groups excluding carboxylic acids is 1. The average Bonchev–Trinajstić information content (AvgIpc) is 3.94. The summed E-state index contributed by atoms with van der Waals surface area (Å²) in [5.41, 5.74) is 10.0. The Labute approximate surface area is 326 Å². The van der Waals surface area contributed by atoms with E-state index in [2.05, 4.69) is 77.1 Å². The largest absolute Gasteiger partial charge is 0.508 e. The first-order chi connectivity index (χ1) is 26.2. The van der Waals surface area contributed by atoms with Crippen molar-refractivity contribution in [3.05, 3.63) is 92.5 Å². The van der Waals surface area contributed by atoms with Crippen LogP contribution in [0.2, 0.25) is 0 Å². The van der Waals surface area contributed by atoms with E-state index in [0.717, 1.165) is 69.3 Å². The molecule has 6 N–H and O–H groups in total. The molecule has 7 nitrogen and oxygen atoms in total. The molecule has 8 rings (SSSR count). The summed E-state index contributed by atoms with van der Waals surface area (Å²) in [6, 6.07) is 22.9. The number of aliphatic imine (C=N–C) groups is 1. The molecule has 4 aliphatic carbocycles. The lowest BCUT2D eigenvalue weighted by Gasteiger charge is -2.45. The van der Waals surface area contributed by atoms with Gasteiger partial charge in [-0.05, 0) is 123 Å². The lowest BCUT2D eigenvalue weighted by atomic mass is 9.59. The Morgan fingerprint density at radius 1 is 1.00 bits per heavy atom. The molecule has 0 bridgehead atoms. The molecule has 54 heavy (non-hydrogen) atoms. The highest BCUT2D eigenvalue weighted by atomic mass is 32.1. The number of thiophene rings is 2. The molecule has 280 valence electrons. The van der Waals surface area contributed by atoms with Crippen LogP contribution in [0.5, 0.6) is 5.75 Å². The Hall–Kier alpha value is -4.36. The van der Waals surface area contributed by atoms with Crippen LogP contribution in [0.3, 0.4) is 0 Å². The molecule has 0 saturated heterocycles. The van der Waals surface area contributed by atoms with Crippen LogP contribution in [0.15, 0.2) is 71.7 Å². The summed E-state index contributed by atoms with van der Waals surface area (Å²) in [5.74, 6) is 7.23. The minimum absolute atomic E-state index is 0.00997. The topological polar surface area (TPSA) is 120 Å². The van der Waals surface area contributed by atoms with E-state index in [0.29, 0.717) is 18.5 Å². The van der Waals surface area contributed by atoms with Crippen molar-refractivity contribution in [2.45, 2.75) is 89.3 Å². The van der Waals surface area contributed by atoms with Gasteiger partial charge in [-0.25, -0.2) is 4.99 Å². The third kappa shape index (κ3) is 7.49. The molecule has 0 spiro atoms. The summed E-state index contributed by atoms with van der Waals surface area (Å²) in [6.45, 7) is 3.98. The van der Waals surface area contributed by atoms with Gasteiger partial charge in [0, 0.05) is 45.9 Å². The maximum atomic E-state index is 14.7. The fourth-order valence-corrected chi connectivity index (χ4v) is 11.8. The molecule has 2 heterocycles. The molecule has 0 aliphatic heterocycles. The SMILES string of the molecule is CC#Cc1ccc(-c2ccc(C(=O)[C@H]3CC[C@H]4[C@H](N=C(N)NC5CCCC5)[C@H](c5cc(O)cc(NC[C@H](C)O)c5)CCC5=c6ccccc6=C[C@H]3[C@H]54)s2)s1. The van der Waals surface area contributed by atoms with Gasteiger partial charge in [0.1, 0.15) is 5.75 Å². The number of benzene rings is 2. The number of anilines is 1. The molecule has 0 radical (unpaired) electrons. The van der Waals surface area contributed by atoms with Crippen molar-refractivity contribution in [2.75, 3.05) is 11.9 Å². The fourth-order valence-electron chi connectivity index (χ4n) is 9.77. The van der Waals surface area contributed by atoms with Gasteiger partial charge in [-0.2, -0.15) is 0 Å². The summed E-state index contributed by atoms with van der Waals surface area (Å²) in [5, 5.41) is 30.4. The second kappa shape index (κ2) is 15.8. The Balaban J connectivity index is 1.19. The van der Waals surface area contributed by atoms with Crippen LogP contribution < -0.4 is 26.8 Å². The van der Waals surface area contributed by atoms with Crippen molar-refractivity contribution in [1.82, 2.24) is 5.32 Å². The van der Waals surface area contributed by atoms with Crippen LogP contribution in [0.4, 0.5) is 5.69 Å². The maximum absolute atomic E-state index is 14.7. The molecule has 4 aliphatic rings. The number of nitrogens with one attached hydrogen (secondary N) is 2. The van der Waals surface area contributed by atoms with Crippen molar-refractivity contribution < 1.29 is 15.0 Å².